The van der Waals surface area contributed by atoms with Gasteiger partial charge >= 0.3 is 0 Å². The lowest BCUT2D eigenvalue weighted by Crippen LogP contribution is -2.37. The highest BCUT2D eigenvalue weighted by atomic mass is 16.5. The van der Waals surface area contributed by atoms with E-state index in [-0.39, 0.29) is 0 Å². The molecule has 2 N–H and O–H groups in total. The molecule has 0 bridgehead atoms. The first-order valence-corrected chi connectivity index (χ1v) is 7.96. The van der Waals surface area contributed by atoms with Gasteiger partial charge in [0.15, 0.2) is 0 Å². The zero-order chi connectivity index (χ0) is 14.9. The Morgan fingerprint density at radius 3 is 2.67 bits per heavy atom. The van der Waals surface area contributed by atoms with Crippen LogP contribution in [0.25, 0.3) is 10.8 Å². The van der Waals surface area contributed by atoms with Crippen molar-refractivity contribution in [2.45, 2.75) is 38.0 Å². The van der Waals surface area contributed by atoms with Crippen molar-refractivity contribution >= 4 is 10.8 Å². The first-order valence-electron chi connectivity index (χ1n) is 7.96. The molecule has 0 amide bonds. The molecule has 2 aromatic rings. The van der Waals surface area contributed by atoms with Crippen LogP contribution >= 0.6 is 0 Å². The van der Waals surface area contributed by atoms with Crippen LogP contribution in [0.3, 0.4) is 0 Å². The van der Waals surface area contributed by atoms with E-state index in [1.54, 1.807) is 7.11 Å². The Labute approximate surface area is 127 Å². The van der Waals surface area contributed by atoms with Crippen molar-refractivity contribution < 1.29 is 4.74 Å². The molecule has 3 rings (SSSR count). The first kappa shape index (κ1) is 14.4. The van der Waals surface area contributed by atoms with E-state index in [2.05, 4.69) is 37.3 Å². The van der Waals surface area contributed by atoms with Crippen molar-refractivity contribution in [1.82, 2.24) is 0 Å². The van der Waals surface area contributed by atoms with Gasteiger partial charge in [-0.2, -0.15) is 0 Å². The molecule has 1 aliphatic carbocycles. The van der Waals surface area contributed by atoms with Gasteiger partial charge in [-0.05, 0) is 65.6 Å². The second-order valence-electron chi connectivity index (χ2n) is 6.57. The largest absolute Gasteiger partial charge is 0.497 e. The van der Waals surface area contributed by atoms with Gasteiger partial charge < -0.3 is 10.5 Å². The smallest absolute Gasteiger partial charge is 0.119 e. The second-order valence-corrected chi connectivity index (χ2v) is 6.57. The van der Waals surface area contributed by atoms with Crippen LogP contribution in [0.4, 0.5) is 0 Å². The van der Waals surface area contributed by atoms with Gasteiger partial charge in [-0.1, -0.05) is 37.6 Å². The molecule has 0 spiro atoms. The second kappa shape index (κ2) is 5.69. The minimum atomic E-state index is 0.324. The van der Waals surface area contributed by atoms with Gasteiger partial charge in [0.05, 0.1) is 7.11 Å². The van der Waals surface area contributed by atoms with E-state index in [4.69, 9.17) is 10.5 Å². The molecule has 112 valence electrons. The van der Waals surface area contributed by atoms with Crippen LogP contribution in [-0.2, 0) is 5.41 Å². The Hall–Kier alpha value is -1.54. The number of fused-ring (bicyclic) bond motifs is 1. The fourth-order valence-corrected chi connectivity index (χ4v) is 3.78. The maximum absolute atomic E-state index is 5.87. The molecule has 2 nitrogen and oxygen atoms in total. The summed E-state index contributed by atoms with van der Waals surface area (Å²) in [6.45, 7) is 3.04. The fraction of sp³-hybridized carbons (Fsp3) is 0.474. The molecule has 2 heteroatoms. The number of methoxy groups -OCH3 is 1. The fourth-order valence-electron chi connectivity index (χ4n) is 3.78. The first-order chi connectivity index (χ1) is 10.2. The predicted octanol–water partition coefficient (Wildman–Crippen LogP) is 4.26. The Balaban J connectivity index is 2.09. The van der Waals surface area contributed by atoms with Crippen molar-refractivity contribution in [1.29, 1.82) is 0 Å². The lowest BCUT2D eigenvalue weighted by Gasteiger charge is -2.45. The Morgan fingerprint density at radius 1 is 1.24 bits per heavy atom. The van der Waals surface area contributed by atoms with Gasteiger partial charge in [-0.15, -0.1) is 0 Å². The summed E-state index contributed by atoms with van der Waals surface area (Å²) >= 11 is 0. The molecule has 2 aromatic carbocycles. The van der Waals surface area contributed by atoms with E-state index in [9.17, 15) is 0 Å². The summed E-state index contributed by atoms with van der Waals surface area (Å²) in [6.07, 6.45) is 5.10. The molecular formula is C19H25NO. The molecule has 0 radical (unpaired) electrons. The average molecular weight is 283 g/mol. The minimum Gasteiger partial charge on any atom is -0.497 e. The number of rotatable bonds is 5. The Morgan fingerprint density at radius 2 is 2.05 bits per heavy atom. The van der Waals surface area contributed by atoms with E-state index in [0.717, 1.165) is 12.3 Å². The maximum atomic E-state index is 5.87. The van der Waals surface area contributed by atoms with Crippen molar-refractivity contribution in [2.24, 2.45) is 11.7 Å². The Kier molecular flexibility index (Phi) is 3.90. The van der Waals surface area contributed by atoms with Crippen LogP contribution in [0.2, 0.25) is 0 Å². The van der Waals surface area contributed by atoms with E-state index < -0.39 is 0 Å². The molecule has 1 atom stereocenters. The Bertz CT molecular complexity index is 630. The minimum absolute atomic E-state index is 0.324. The molecule has 1 unspecified atom stereocenters. The zero-order valence-electron chi connectivity index (χ0n) is 13.1. The van der Waals surface area contributed by atoms with Crippen molar-refractivity contribution in [3.8, 4) is 5.75 Å². The third-order valence-corrected chi connectivity index (χ3v) is 5.11. The van der Waals surface area contributed by atoms with Crippen LogP contribution in [0.5, 0.6) is 5.75 Å². The molecule has 1 fully saturated rings. The monoisotopic (exact) mass is 283 g/mol. The zero-order valence-corrected chi connectivity index (χ0v) is 13.1. The highest BCUT2D eigenvalue weighted by Gasteiger charge is 2.40. The lowest BCUT2D eigenvalue weighted by molar-refractivity contribution is 0.198. The van der Waals surface area contributed by atoms with Gasteiger partial charge in [0.25, 0.3) is 0 Å². The maximum Gasteiger partial charge on any atom is 0.119 e. The molecule has 1 aliphatic rings. The van der Waals surface area contributed by atoms with Crippen LogP contribution in [-0.4, -0.2) is 13.7 Å². The third kappa shape index (κ3) is 2.53. The molecule has 0 aromatic heterocycles. The molecule has 0 heterocycles. The van der Waals surface area contributed by atoms with Gasteiger partial charge in [0.1, 0.15) is 5.75 Å². The van der Waals surface area contributed by atoms with E-state index in [1.165, 1.54) is 42.0 Å². The third-order valence-electron chi connectivity index (χ3n) is 5.11. The van der Waals surface area contributed by atoms with Crippen molar-refractivity contribution in [3.63, 3.8) is 0 Å². The summed E-state index contributed by atoms with van der Waals surface area (Å²) in [5.74, 6) is 1.52. The standard InChI is InChI=1S/C19H25NO/c1-14(13-20)12-19(9-4-10-19)18-6-3-5-15-7-8-16(21-2)11-17(15)18/h3,5-8,11,14H,4,9-10,12-13,20H2,1-2H3. The summed E-state index contributed by atoms with van der Waals surface area (Å²) in [5.41, 5.74) is 7.69. The summed E-state index contributed by atoms with van der Waals surface area (Å²) in [6, 6.07) is 13.1. The van der Waals surface area contributed by atoms with E-state index >= 15 is 0 Å². The normalized spacial score (nSPS) is 18.2. The number of hydrogen-bond donors (Lipinski definition) is 1. The van der Waals surface area contributed by atoms with Crippen LogP contribution in [0.1, 0.15) is 38.2 Å². The topological polar surface area (TPSA) is 35.2 Å². The molecule has 0 saturated heterocycles. The number of benzene rings is 2. The van der Waals surface area contributed by atoms with Crippen molar-refractivity contribution in [2.75, 3.05) is 13.7 Å². The molecule has 21 heavy (non-hydrogen) atoms. The highest BCUT2D eigenvalue weighted by Crippen LogP contribution is 2.50. The number of hydrogen-bond acceptors (Lipinski definition) is 2. The van der Waals surface area contributed by atoms with Crippen LogP contribution in [0.15, 0.2) is 36.4 Å². The number of ether oxygens (including phenoxy) is 1. The van der Waals surface area contributed by atoms with Gasteiger partial charge in [-0.3, -0.25) is 0 Å². The van der Waals surface area contributed by atoms with Gasteiger partial charge in [0.2, 0.25) is 0 Å². The summed E-state index contributed by atoms with van der Waals surface area (Å²) in [7, 11) is 1.74. The van der Waals surface area contributed by atoms with Crippen LogP contribution in [0, 0.1) is 5.92 Å². The van der Waals surface area contributed by atoms with E-state index in [0.29, 0.717) is 11.3 Å². The quantitative estimate of drug-likeness (QED) is 0.890. The van der Waals surface area contributed by atoms with Crippen LogP contribution < -0.4 is 10.5 Å². The van der Waals surface area contributed by atoms with Crippen molar-refractivity contribution in [3.05, 3.63) is 42.0 Å². The molecule has 0 aliphatic heterocycles. The summed E-state index contributed by atoms with van der Waals surface area (Å²) < 4.78 is 5.42. The SMILES string of the molecule is COc1ccc2cccc(C3(CC(C)CN)CCC3)c2c1. The molecule has 1 saturated carbocycles. The van der Waals surface area contributed by atoms with Gasteiger partial charge in [-0.25, -0.2) is 0 Å². The number of nitrogens with two attached hydrogens (primary N) is 1. The summed E-state index contributed by atoms with van der Waals surface area (Å²) in [5, 5.41) is 2.65. The average Bonchev–Trinajstić information content (AvgIpc) is 2.49. The molecular weight excluding hydrogens is 258 g/mol. The van der Waals surface area contributed by atoms with E-state index in [1.807, 2.05) is 6.07 Å². The summed E-state index contributed by atoms with van der Waals surface area (Å²) in [4.78, 5) is 0. The van der Waals surface area contributed by atoms with Gasteiger partial charge in [0, 0.05) is 0 Å². The predicted molar refractivity (Wildman–Crippen MR) is 88.9 cm³/mol. The highest BCUT2D eigenvalue weighted by molar-refractivity contribution is 5.88. The lowest BCUT2D eigenvalue weighted by atomic mass is 9.60.